The Morgan fingerprint density at radius 1 is 1.28 bits per heavy atom. The van der Waals surface area contributed by atoms with Crippen molar-refractivity contribution in [2.75, 3.05) is 7.11 Å². The zero-order valence-electron chi connectivity index (χ0n) is 9.14. The monoisotopic (exact) mass is 249 g/mol. The van der Waals surface area contributed by atoms with Crippen LogP contribution >= 0.6 is 0 Å². The molecule has 92 valence electrons. The van der Waals surface area contributed by atoms with E-state index in [9.17, 15) is 9.59 Å². The van der Waals surface area contributed by atoms with Crippen LogP contribution in [-0.4, -0.2) is 48.9 Å². The molecule has 0 bridgehead atoms. The Morgan fingerprint density at radius 3 is 2.61 bits per heavy atom. The van der Waals surface area contributed by atoms with E-state index in [1.54, 1.807) is 0 Å². The fourth-order valence-electron chi connectivity index (χ4n) is 1.11. The molecule has 0 aliphatic heterocycles. The number of carbonyl (C=O) groups excluding carboxylic acids is 1. The second kappa shape index (κ2) is 4.57. The lowest BCUT2D eigenvalue weighted by Crippen LogP contribution is -2.07. The lowest BCUT2D eigenvalue weighted by atomic mass is 10.4. The summed E-state index contributed by atoms with van der Waals surface area (Å²) in [4.78, 5) is 32.9. The van der Waals surface area contributed by atoms with Crippen LogP contribution in [0.3, 0.4) is 0 Å². The smallest absolute Gasteiger partial charge is 0.377 e. The summed E-state index contributed by atoms with van der Waals surface area (Å²) in [5.74, 6) is -1.74. The van der Waals surface area contributed by atoms with E-state index in [0.29, 0.717) is 0 Å². The highest BCUT2D eigenvalue weighted by Crippen LogP contribution is 2.02. The number of carboxylic acid groups (broad SMARTS) is 1. The predicted molar refractivity (Wildman–Crippen MR) is 55.2 cm³/mol. The van der Waals surface area contributed by atoms with Gasteiger partial charge in [0.2, 0.25) is 0 Å². The summed E-state index contributed by atoms with van der Waals surface area (Å²) in [6.07, 6.45) is 3.53. The first-order valence-corrected chi connectivity index (χ1v) is 4.67. The van der Waals surface area contributed by atoms with E-state index in [1.165, 1.54) is 24.3 Å². The molecule has 1 N–H and O–H groups in total. The molecule has 0 fully saturated rings. The van der Waals surface area contributed by atoms with E-state index in [2.05, 4.69) is 24.8 Å². The van der Waals surface area contributed by atoms with E-state index in [0.717, 1.165) is 6.20 Å². The van der Waals surface area contributed by atoms with Crippen molar-refractivity contribution in [2.45, 2.75) is 0 Å². The highest BCUT2D eigenvalue weighted by molar-refractivity contribution is 5.85. The van der Waals surface area contributed by atoms with Gasteiger partial charge in [0, 0.05) is 0 Å². The van der Waals surface area contributed by atoms with Gasteiger partial charge in [-0.25, -0.2) is 29.2 Å². The zero-order chi connectivity index (χ0) is 13.1. The molecule has 2 aromatic rings. The Bertz CT molecular complexity index is 591. The predicted octanol–water partition coefficient (Wildman–Crippen LogP) is -0.458. The van der Waals surface area contributed by atoms with E-state index < -0.39 is 11.9 Å². The number of esters is 1. The van der Waals surface area contributed by atoms with Crippen LogP contribution in [0.5, 0.6) is 0 Å². The third kappa shape index (κ3) is 2.14. The van der Waals surface area contributed by atoms with E-state index in [1.807, 2.05) is 0 Å². The van der Waals surface area contributed by atoms with Gasteiger partial charge in [-0.15, -0.1) is 5.10 Å². The molecule has 0 saturated heterocycles. The van der Waals surface area contributed by atoms with Crippen molar-refractivity contribution in [3.63, 3.8) is 0 Å². The second-order valence-corrected chi connectivity index (χ2v) is 3.07. The molecule has 0 saturated carbocycles. The normalized spacial score (nSPS) is 10.1. The van der Waals surface area contributed by atoms with Crippen molar-refractivity contribution in [2.24, 2.45) is 0 Å². The molecule has 0 aliphatic rings. The quantitative estimate of drug-likeness (QED) is 0.725. The van der Waals surface area contributed by atoms with Gasteiger partial charge in [0.15, 0.2) is 11.5 Å². The summed E-state index contributed by atoms with van der Waals surface area (Å²) in [6.45, 7) is 0. The average molecular weight is 249 g/mol. The molecule has 0 atom stereocenters. The van der Waals surface area contributed by atoms with Gasteiger partial charge in [0.25, 0.3) is 5.82 Å². The van der Waals surface area contributed by atoms with Gasteiger partial charge >= 0.3 is 11.9 Å². The molecule has 0 unspecified atom stereocenters. The van der Waals surface area contributed by atoms with Gasteiger partial charge in [-0.2, -0.15) is 0 Å². The summed E-state index contributed by atoms with van der Waals surface area (Å²) < 4.78 is 5.63. The Labute approximate surface area is 100 Å². The number of aromatic carboxylic acids is 1. The molecule has 0 amide bonds. The Hall–Kier alpha value is -2.84. The first-order valence-electron chi connectivity index (χ1n) is 4.67. The number of hydrogen-bond acceptors (Lipinski definition) is 7. The molecule has 9 heteroatoms. The summed E-state index contributed by atoms with van der Waals surface area (Å²) in [6, 6.07) is 0. The zero-order valence-corrected chi connectivity index (χ0v) is 9.14. The van der Waals surface area contributed by atoms with Gasteiger partial charge in [-0.1, -0.05) is 0 Å². The second-order valence-electron chi connectivity index (χ2n) is 3.07. The third-order valence-electron chi connectivity index (χ3n) is 1.95. The molecule has 9 nitrogen and oxygen atoms in total. The van der Waals surface area contributed by atoms with Crippen molar-refractivity contribution in [1.29, 1.82) is 0 Å². The van der Waals surface area contributed by atoms with Crippen LogP contribution in [0.4, 0.5) is 0 Å². The number of rotatable bonds is 3. The van der Waals surface area contributed by atoms with Crippen LogP contribution in [0.15, 0.2) is 18.7 Å². The molecule has 0 aliphatic carbocycles. The topological polar surface area (TPSA) is 120 Å². The minimum atomic E-state index is -1.18. The van der Waals surface area contributed by atoms with Crippen molar-refractivity contribution < 1.29 is 19.4 Å². The molecular formula is C9H7N5O4. The Balaban J connectivity index is 2.29. The van der Waals surface area contributed by atoms with Gasteiger partial charge in [0.1, 0.15) is 6.33 Å². The van der Waals surface area contributed by atoms with Crippen LogP contribution in [0.2, 0.25) is 0 Å². The lowest BCUT2D eigenvalue weighted by molar-refractivity contribution is 0.0586. The van der Waals surface area contributed by atoms with Crippen molar-refractivity contribution >= 4 is 11.9 Å². The summed E-state index contributed by atoms with van der Waals surface area (Å²) in [5.41, 5.74) is -0.188. The number of ether oxygens (including phenoxy) is 1. The van der Waals surface area contributed by atoms with Crippen molar-refractivity contribution in [3.8, 4) is 5.82 Å². The molecule has 18 heavy (non-hydrogen) atoms. The fourth-order valence-corrected chi connectivity index (χ4v) is 1.11. The SMILES string of the molecule is COC(=O)c1ncn(-c2cnc(C(=O)O)cn2)n1. The minimum Gasteiger partial charge on any atom is -0.476 e. The van der Waals surface area contributed by atoms with Crippen LogP contribution in [0, 0.1) is 0 Å². The molecular weight excluding hydrogens is 242 g/mol. The van der Waals surface area contributed by atoms with Crippen LogP contribution < -0.4 is 0 Å². The average Bonchev–Trinajstić information content (AvgIpc) is 2.87. The maximum Gasteiger partial charge on any atom is 0.377 e. The van der Waals surface area contributed by atoms with Crippen LogP contribution in [-0.2, 0) is 4.74 Å². The fraction of sp³-hybridized carbons (Fsp3) is 0.111. The number of aromatic nitrogens is 5. The van der Waals surface area contributed by atoms with Crippen LogP contribution in [0.1, 0.15) is 21.1 Å². The van der Waals surface area contributed by atoms with Gasteiger partial charge in [-0.3, -0.25) is 0 Å². The summed E-state index contributed by atoms with van der Waals surface area (Å²) in [5, 5.41) is 12.5. The van der Waals surface area contributed by atoms with E-state index in [4.69, 9.17) is 5.11 Å². The van der Waals surface area contributed by atoms with Gasteiger partial charge in [0.05, 0.1) is 19.5 Å². The first kappa shape index (κ1) is 11.6. The number of carboxylic acids is 1. The molecule has 0 spiro atoms. The van der Waals surface area contributed by atoms with Gasteiger partial charge < -0.3 is 9.84 Å². The number of hydrogen-bond donors (Lipinski definition) is 1. The maximum atomic E-state index is 11.1. The summed E-state index contributed by atoms with van der Waals surface area (Å²) >= 11 is 0. The van der Waals surface area contributed by atoms with Crippen molar-refractivity contribution in [1.82, 2.24) is 24.7 Å². The molecule has 2 aromatic heterocycles. The lowest BCUT2D eigenvalue weighted by Gasteiger charge is -1.98. The summed E-state index contributed by atoms with van der Waals surface area (Å²) in [7, 11) is 1.21. The molecule has 2 heterocycles. The van der Waals surface area contributed by atoms with E-state index in [-0.39, 0.29) is 17.3 Å². The Kier molecular flexibility index (Phi) is 2.96. The standard InChI is InChI=1S/C9H7N5O4/c1-18-9(17)7-12-4-14(13-7)6-3-10-5(2-11-6)8(15)16/h2-4H,1H3,(H,15,16). The minimum absolute atomic E-state index is 0.124. The highest BCUT2D eigenvalue weighted by Gasteiger charge is 2.13. The number of nitrogens with zero attached hydrogens (tertiary/aromatic N) is 5. The van der Waals surface area contributed by atoms with Crippen LogP contribution in [0.25, 0.3) is 5.82 Å². The van der Waals surface area contributed by atoms with Crippen molar-refractivity contribution in [3.05, 3.63) is 30.2 Å². The number of carbonyl (C=O) groups is 2. The van der Waals surface area contributed by atoms with Gasteiger partial charge in [-0.05, 0) is 0 Å². The molecule has 2 rings (SSSR count). The molecule has 0 aromatic carbocycles. The largest absolute Gasteiger partial charge is 0.476 e. The maximum absolute atomic E-state index is 11.1. The first-order chi connectivity index (χ1) is 8.61. The number of methoxy groups -OCH3 is 1. The van der Waals surface area contributed by atoms with E-state index >= 15 is 0 Å². The Morgan fingerprint density at radius 2 is 2.06 bits per heavy atom. The molecule has 0 radical (unpaired) electrons. The highest BCUT2D eigenvalue weighted by atomic mass is 16.5. The third-order valence-corrected chi connectivity index (χ3v) is 1.95.